The van der Waals surface area contributed by atoms with Crippen molar-refractivity contribution in [3.8, 4) is 5.75 Å². The first-order valence-corrected chi connectivity index (χ1v) is 16.5. The van der Waals surface area contributed by atoms with Crippen molar-refractivity contribution < 1.29 is 23.1 Å². The Balaban J connectivity index is 1.37. The number of thioether (sulfide) groups is 1. The van der Waals surface area contributed by atoms with E-state index in [1.807, 2.05) is 66.7 Å². The maximum Gasteiger partial charge on any atom is 0.335 e. The number of carboxylic acids is 1. The van der Waals surface area contributed by atoms with Crippen LogP contribution in [0.25, 0.3) is 23.1 Å². The van der Waals surface area contributed by atoms with Crippen LogP contribution >= 0.6 is 23.4 Å². The van der Waals surface area contributed by atoms with E-state index in [1.54, 1.807) is 48.2 Å². The summed E-state index contributed by atoms with van der Waals surface area (Å²) in [5.74, 6) is 0.139. The largest absolute Gasteiger partial charge is 0.497 e. The predicted octanol–water partition coefficient (Wildman–Crippen LogP) is 7.72. The average Bonchev–Trinajstić information content (AvgIpc) is 3.04. The SMILES string of the molecule is COc1ccc(S(=O)(=O)NCC(SCc2ccc(C(=O)O)cc2)c2cccc(C=Cc3ccc4ccc(Cl)cc4n3)c2)cc1. The van der Waals surface area contributed by atoms with E-state index in [2.05, 4.69) is 9.71 Å². The molecule has 44 heavy (non-hydrogen) atoms. The van der Waals surface area contributed by atoms with E-state index >= 15 is 0 Å². The zero-order valence-corrected chi connectivity index (χ0v) is 26.1. The summed E-state index contributed by atoms with van der Waals surface area (Å²) < 4.78 is 34.2. The van der Waals surface area contributed by atoms with Gasteiger partial charge < -0.3 is 9.84 Å². The summed E-state index contributed by atoms with van der Waals surface area (Å²) in [6, 6.07) is 30.4. The Kier molecular flexibility index (Phi) is 10.0. The van der Waals surface area contributed by atoms with E-state index in [1.165, 1.54) is 19.2 Å². The molecule has 7 nitrogen and oxygen atoms in total. The molecule has 5 rings (SSSR count). The summed E-state index contributed by atoms with van der Waals surface area (Å²) >= 11 is 7.71. The molecule has 5 aromatic rings. The van der Waals surface area contributed by atoms with Gasteiger partial charge in [0.2, 0.25) is 10.0 Å². The topological polar surface area (TPSA) is 106 Å². The van der Waals surface area contributed by atoms with Gasteiger partial charge in [-0.25, -0.2) is 22.9 Å². The lowest BCUT2D eigenvalue weighted by Crippen LogP contribution is -2.27. The van der Waals surface area contributed by atoms with Crippen LogP contribution in [0.15, 0.2) is 108 Å². The number of sulfonamides is 1. The Labute approximate surface area is 265 Å². The Bertz CT molecular complexity index is 1910. The Morgan fingerprint density at radius 3 is 2.45 bits per heavy atom. The minimum absolute atomic E-state index is 0.145. The van der Waals surface area contributed by atoms with Crippen LogP contribution in [0.5, 0.6) is 5.75 Å². The molecular formula is C34H29ClN2O5S2. The number of ether oxygens (including phenoxy) is 1. The molecule has 1 heterocycles. The summed E-state index contributed by atoms with van der Waals surface area (Å²) in [5, 5.41) is 10.6. The molecule has 0 aliphatic rings. The van der Waals surface area contributed by atoms with Crippen LogP contribution in [0.2, 0.25) is 5.02 Å². The summed E-state index contributed by atoms with van der Waals surface area (Å²) in [6.45, 7) is 0.145. The summed E-state index contributed by atoms with van der Waals surface area (Å²) in [4.78, 5) is 16.1. The molecule has 0 bridgehead atoms. The van der Waals surface area contributed by atoms with Gasteiger partial charge in [0.15, 0.2) is 0 Å². The molecular weight excluding hydrogens is 616 g/mol. The quantitative estimate of drug-likeness (QED) is 0.143. The number of aromatic carboxylic acids is 1. The summed E-state index contributed by atoms with van der Waals surface area (Å²) in [5.41, 5.74) is 4.62. The molecule has 0 spiro atoms. The number of rotatable bonds is 12. The minimum Gasteiger partial charge on any atom is -0.497 e. The lowest BCUT2D eigenvalue weighted by Gasteiger charge is -2.19. The number of nitrogens with one attached hydrogen (secondary N) is 1. The van der Waals surface area contributed by atoms with Gasteiger partial charge in [-0.3, -0.25) is 0 Å². The number of benzene rings is 4. The number of aromatic nitrogens is 1. The van der Waals surface area contributed by atoms with Gasteiger partial charge in [0.05, 0.1) is 28.8 Å². The number of fused-ring (bicyclic) bond motifs is 1. The Hall–Kier alpha value is -4.15. The summed E-state index contributed by atoms with van der Waals surface area (Å²) in [6.07, 6.45) is 3.90. The van der Waals surface area contributed by atoms with Crippen LogP contribution in [0, 0.1) is 0 Å². The van der Waals surface area contributed by atoms with Crippen LogP contribution < -0.4 is 9.46 Å². The molecule has 0 amide bonds. The number of halogens is 1. The highest BCUT2D eigenvalue weighted by molar-refractivity contribution is 7.98. The van der Waals surface area contributed by atoms with Gasteiger partial charge in [0.1, 0.15) is 5.75 Å². The molecule has 1 unspecified atom stereocenters. The monoisotopic (exact) mass is 644 g/mol. The van der Waals surface area contributed by atoms with Crippen LogP contribution in [-0.4, -0.2) is 38.1 Å². The van der Waals surface area contributed by atoms with Crippen molar-refractivity contribution in [2.24, 2.45) is 0 Å². The third-order valence-electron chi connectivity index (χ3n) is 6.89. The lowest BCUT2D eigenvalue weighted by molar-refractivity contribution is 0.0697. The van der Waals surface area contributed by atoms with E-state index in [0.29, 0.717) is 16.5 Å². The van der Waals surface area contributed by atoms with Crippen molar-refractivity contribution in [3.63, 3.8) is 0 Å². The number of carboxylic acid groups (broad SMARTS) is 1. The third kappa shape index (κ3) is 8.06. The van der Waals surface area contributed by atoms with Crippen molar-refractivity contribution in [1.29, 1.82) is 0 Å². The maximum atomic E-state index is 13.1. The number of carbonyl (C=O) groups is 1. The average molecular weight is 645 g/mol. The predicted molar refractivity (Wildman–Crippen MR) is 178 cm³/mol. The first-order chi connectivity index (χ1) is 21.2. The van der Waals surface area contributed by atoms with Crippen molar-refractivity contribution in [2.45, 2.75) is 15.9 Å². The fourth-order valence-electron chi connectivity index (χ4n) is 4.48. The second-order valence-electron chi connectivity index (χ2n) is 9.91. The van der Waals surface area contributed by atoms with Gasteiger partial charge in [-0.1, -0.05) is 66.2 Å². The maximum absolute atomic E-state index is 13.1. The van der Waals surface area contributed by atoms with Crippen LogP contribution in [0.4, 0.5) is 0 Å². The smallest absolute Gasteiger partial charge is 0.335 e. The second-order valence-corrected chi connectivity index (χ2v) is 13.3. The molecule has 224 valence electrons. The number of methoxy groups -OCH3 is 1. The van der Waals surface area contributed by atoms with Gasteiger partial charge in [-0.2, -0.15) is 0 Å². The van der Waals surface area contributed by atoms with Crippen LogP contribution in [-0.2, 0) is 15.8 Å². The molecule has 0 aliphatic carbocycles. The molecule has 10 heteroatoms. The van der Waals surface area contributed by atoms with Gasteiger partial charge in [0, 0.05) is 28.0 Å². The molecule has 0 saturated carbocycles. The third-order valence-corrected chi connectivity index (χ3v) is 9.90. The fraction of sp³-hybridized carbons (Fsp3) is 0.118. The van der Waals surface area contributed by atoms with Gasteiger partial charge >= 0.3 is 5.97 Å². The first kappa shape index (κ1) is 31.3. The number of nitrogens with zero attached hydrogens (tertiary/aromatic N) is 1. The van der Waals surface area contributed by atoms with Crippen molar-refractivity contribution in [2.75, 3.05) is 13.7 Å². The molecule has 1 aromatic heterocycles. The Morgan fingerprint density at radius 1 is 0.977 bits per heavy atom. The van der Waals surface area contributed by atoms with Gasteiger partial charge in [0.25, 0.3) is 0 Å². The molecule has 0 radical (unpaired) electrons. The molecule has 2 N–H and O–H groups in total. The standard InChI is InChI=1S/C34H29ClN2O5S2/c1-42-30-15-17-31(18-16-30)44(40,41)36-21-33(43-22-24-5-8-26(9-6-24)34(38)39)27-4-2-3-23(19-27)7-13-29-14-11-25-10-12-28(35)20-32(25)37-29/h2-20,33,36H,21-22H2,1H3,(H,38,39). The molecule has 0 aliphatic heterocycles. The van der Waals surface area contributed by atoms with Gasteiger partial charge in [-0.05, 0) is 77.4 Å². The molecule has 0 fully saturated rings. The highest BCUT2D eigenvalue weighted by Crippen LogP contribution is 2.33. The number of hydrogen-bond donors (Lipinski definition) is 2. The van der Waals surface area contributed by atoms with Crippen molar-refractivity contribution >= 4 is 62.4 Å². The number of hydrogen-bond acceptors (Lipinski definition) is 6. The second kappa shape index (κ2) is 14.1. The van der Waals surface area contributed by atoms with E-state index in [-0.39, 0.29) is 22.3 Å². The highest BCUT2D eigenvalue weighted by Gasteiger charge is 2.19. The zero-order chi connectivity index (χ0) is 31.1. The molecule has 1 atom stereocenters. The van der Waals surface area contributed by atoms with E-state index < -0.39 is 16.0 Å². The molecule has 4 aromatic carbocycles. The van der Waals surface area contributed by atoms with Crippen molar-refractivity contribution in [1.82, 2.24) is 9.71 Å². The van der Waals surface area contributed by atoms with Crippen LogP contribution in [0.3, 0.4) is 0 Å². The lowest BCUT2D eigenvalue weighted by atomic mass is 10.1. The summed E-state index contributed by atoms with van der Waals surface area (Å²) in [7, 11) is -2.26. The van der Waals surface area contributed by atoms with Crippen molar-refractivity contribution in [3.05, 3.63) is 136 Å². The normalized spacial score (nSPS) is 12.4. The highest BCUT2D eigenvalue weighted by atomic mass is 35.5. The van der Waals surface area contributed by atoms with Gasteiger partial charge in [-0.15, -0.1) is 11.8 Å². The van der Waals surface area contributed by atoms with E-state index in [9.17, 15) is 18.3 Å². The number of pyridine rings is 1. The van der Waals surface area contributed by atoms with E-state index in [4.69, 9.17) is 16.3 Å². The minimum atomic E-state index is -3.78. The zero-order valence-electron chi connectivity index (χ0n) is 23.7. The first-order valence-electron chi connectivity index (χ1n) is 13.6. The van der Waals surface area contributed by atoms with Crippen LogP contribution in [0.1, 0.15) is 38.0 Å². The van der Waals surface area contributed by atoms with E-state index in [0.717, 1.165) is 33.3 Å². The fourth-order valence-corrected chi connectivity index (χ4v) is 6.93. The Morgan fingerprint density at radius 2 is 1.73 bits per heavy atom. The molecule has 0 saturated heterocycles.